The Balaban J connectivity index is 1.74. The minimum absolute atomic E-state index is 0.0322. The van der Waals surface area contributed by atoms with Crippen LogP contribution < -0.4 is 14.8 Å². The predicted molar refractivity (Wildman–Crippen MR) is 104 cm³/mol. The van der Waals surface area contributed by atoms with E-state index in [1.165, 1.54) is 24.3 Å². The van der Waals surface area contributed by atoms with Crippen molar-refractivity contribution < 1.29 is 19.2 Å². The predicted octanol–water partition coefficient (Wildman–Crippen LogP) is 4.33. The van der Waals surface area contributed by atoms with E-state index in [0.717, 1.165) is 5.56 Å². The van der Waals surface area contributed by atoms with E-state index >= 15 is 0 Å². The van der Waals surface area contributed by atoms with Gasteiger partial charge >= 0.3 is 0 Å². The molecule has 0 aromatic heterocycles. The van der Waals surface area contributed by atoms with Gasteiger partial charge in [0.25, 0.3) is 11.6 Å². The zero-order chi connectivity index (χ0) is 19.9. The molecule has 0 atom stereocenters. The number of nitrogens with one attached hydrogen (secondary N) is 1. The third-order valence-electron chi connectivity index (χ3n) is 4.04. The zero-order valence-electron chi connectivity index (χ0n) is 15.1. The molecule has 3 rings (SSSR count). The lowest BCUT2D eigenvalue weighted by molar-refractivity contribution is -0.384. The fourth-order valence-electron chi connectivity index (χ4n) is 2.63. The first kappa shape index (κ1) is 18.9. The molecule has 28 heavy (non-hydrogen) atoms. The van der Waals surface area contributed by atoms with Gasteiger partial charge in [-0.2, -0.15) is 0 Å². The van der Waals surface area contributed by atoms with E-state index in [-0.39, 0.29) is 11.6 Å². The Hall–Kier alpha value is -3.87. The molecule has 0 fully saturated rings. The number of benzene rings is 3. The fraction of sp³-hybridized carbons (Fsp3) is 0.0952. The van der Waals surface area contributed by atoms with Crippen molar-refractivity contribution in [1.82, 2.24) is 5.32 Å². The van der Waals surface area contributed by atoms with Gasteiger partial charge in [-0.25, -0.2) is 0 Å². The van der Waals surface area contributed by atoms with Crippen LogP contribution in [0, 0.1) is 10.1 Å². The number of hydrogen-bond donors (Lipinski definition) is 1. The molecule has 0 aliphatic rings. The number of nitrogens with zero attached hydrogens (tertiary/aromatic N) is 1. The quantitative estimate of drug-likeness (QED) is 0.488. The normalized spacial score (nSPS) is 10.2. The van der Waals surface area contributed by atoms with Crippen molar-refractivity contribution in [2.45, 2.75) is 6.54 Å². The largest absolute Gasteiger partial charge is 0.496 e. The minimum Gasteiger partial charge on any atom is -0.496 e. The molecule has 0 unspecified atom stereocenters. The molecule has 0 radical (unpaired) electrons. The SMILES string of the molecule is COc1ccccc1CNC(=O)c1ccccc1Oc1ccc([N+](=O)[O-])cc1. The topological polar surface area (TPSA) is 90.7 Å². The summed E-state index contributed by atoms with van der Waals surface area (Å²) in [5.41, 5.74) is 1.18. The Kier molecular flexibility index (Phi) is 5.86. The maximum absolute atomic E-state index is 12.7. The van der Waals surface area contributed by atoms with E-state index in [1.54, 1.807) is 31.4 Å². The summed E-state index contributed by atoms with van der Waals surface area (Å²) in [6.07, 6.45) is 0. The number of non-ortho nitro benzene ring substituents is 1. The van der Waals surface area contributed by atoms with Crippen molar-refractivity contribution in [3.63, 3.8) is 0 Å². The molecule has 0 bridgehead atoms. The minimum atomic E-state index is -0.483. The highest BCUT2D eigenvalue weighted by molar-refractivity contribution is 5.97. The Morgan fingerprint density at radius 1 is 0.964 bits per heavy atom. The van der Waals surface area contributed by atoms with Crippen molar-refractivity contribution >= 4 is 11.6 Å². The number of amides is 1. The summed E-state index contributed by atoms with van der Waals surface area (Å²) in [4.78, 5) is 22.9. The molecule has 0 heterocycles. The van der Waals surface area contributed by atoms with Crippen LogP contribution in [0.3, 0.4) is 0 Å². The van der Waals surface area contributed by atoms with Gasteiger partial charge in [0.1, 0.15) is 17.2 Å². The highest BCUT2D eigenvalue weighted by Gasteiger charge is 2.14. The maximum Gasteiger partial charge on any atom is 0.269 e. The summed E-state index contributed by atoms with van der Waals surface area (Å²) in [7, 11) is 1.58. The van der Waals surface area contributed by atoms with Gasteiger partial charge in [-0.15, -0.1) is 0 Å². The summed E-state index contributed by atoms with van der Waals surface area (Å²) in [5.74, 6) is 1.14. The number of methoxy groups -OCH3 is 1. The smallest absolute Gasteiger partial charge is 0.269 e. The lowest BCUT2D eigenvalue weighted by atomic mass is 10.1. The van der Waals surface area contributed by atoms with Gasteiger partial charge in [0, 0.05) is 24.2 Å². The van der Waals surface area contributed by atoms with Gasteiger partial charge in [-0.1, -0.05) is 30.3 Å². The Bertz CT molecular complexity index is 986. The molecule has 0 saturated carbocycles. The fourth-order valence-corrected chi connectivity index (χ4v) is 2.63. The maximum atomic E-state index is 12.7. The summed E-state index contributed by atoms with van der Waals surface area (Å²) in [6, 6.07) is 19.9. The highest BCUT2D eigenvalue weighted by Crippen LogP contribution is 2.27. The van der Waals surface area contributed by atoms with Gasteiger partial charge in [0.2, 0.25) is 0 Å². The van der Waals surface area contributed by atoms with E-state index < -0.39 is 4.92 Å². The van der Waals surface area contributed by atoms with Gasteiger partial charge in [0.15, 0.2) is 0 Å². The summed E-state index contributed by atoms with van der Waals surface area (Å²) in [5, 5.41) is 13.6. The van der Waals surface area contributed by atoms with Gasteiger partial charge < -0.3 is 14.8 Å². The molecule has 3 aromatic carbocycles. The number of nitro groups is 1. The van der Waals surface area contributed by atoms with E-state index in [4.69, 9.17) is 9.47 Å². The van der Waals surface area contributed by atoms with Gasteiger partial charge in [-0.3, -0.25) is 14.9 Å². The lowest BCUT2D eigenvalue weighted by Crippen LogP contribution is -2.23. The monoisotopic (exact) mass is 378 g/mol. The third kappa shape index (κ3) is 4.45. The summed E-state index contributed by atoms with van der Waals surface area (Å²) in [6.45, 7) is 0.300. The van der Waals surface area contributed by atoms with Crippen LogP contribution in [0.1, 0.15) is 15.9 Å². The van der Waals surface area contributed by atoms with Crippen LogP contribution >= 0.6 is 0 Å². The molecule has 0 aliphatic heterocycles. The second-order valence-electron chi connectivity index (χ2n) is 5.84. The molecule has 142 valence electrons. The van der Waals surface area contributed by atoms with E-state index in [9.17, 15) is 14.9 Å². The lowest BCUT2D eigenvalue weighted by Gasteiger charge is -2.12. The highest BCUT2D eigenvalue weighted by atomic mass is 16.6. The summed E-state index contributed by atoms with van der Waals surface area (Å²) < 4.78 is 11.0. The molecule has 0 spiro atoms. The van der Waals surface area contributed by atoms with Crippen LogP contribution in [0.5, 0.6) is 17.2 Å². The van der Waals surface area contributed by atoms with Crippen molar-refractivity contribution in [2.75, 3.05) is 7.11 Å². The second kappa shape index (κ2) is 8.68. The molecule has 1 amide bonds. The Labute approximate surface area is 161 Å². The number of carbonyl (C=O) groups excluding carboxylic acids is 1. The summed E-state index contributed by atoms with van der Waals surface area (Å²) >= 11 is 0. The average Bonchev–Trinajstić information content (AvgIpc) is 2.73. The van der Waals surface area contributed by atoms with Crippen LogP contribution in [0.4, 0.5) is 5.69 Å². The first-order chi connectivity index (χ1) is 13.6. The number of hydrogen-bond acceptors (Lipinski definition) is 5. The van der Waals surface area contributed by atoms with Crippen molar-refractivity contribution in [3.05, 3.63) is 94.0 Å². The Morgan fingerprint density at radius 3 is 2.29 bits per heavy atom. The standard InChI is InChI=1S/C21H18N2O5/c1-27-19-8-4-2-6-15(19)14-22-21(24)18-7-3-5-9-20(18)28-17-12-10-16(11-13-17)23(25)26/h2-13H,14H2,1H3,(H,22,24). The van der Waals surface area contributed by atoms with Crippen molar-refractivity contribution in [3.8, 4) is 17.2 Å². The van der Waals surface area contributed by atoms with E-state index in [1.807, 2.05) is 24.3 Å². The first-order valence-corrected chi connectivity index (χ1v) is 8.50. The number of carbonyl (C=O) groups is 1. The molecule has 7 nitrogen and oxygen atoms in total. The first-order valence-electron chi connectivity index (χ1n) is 8.50. The molecule has 0 aliphatic carbocycles. The number of ether oxygens (including phenoxy) is 2. The number of rotatable bonds is 7. The number of nitro benzene ring substituents is 1. The van der Waals surface area contributed by atoms with Gasteiger partial charge in [-0.05, 0) is 30.3 Å². The van der Waals surface area contributed by atoms with Crippen LogP contribution in [0.2, 0.25) is 0 Å². The van der Waals surface area contributed by atoms with Crippen LogP contribution in [0.25, 0.3) is 0 Å². The van der Waals surface area contributed by atoms with E-state index in [0.29, 0.717) is 29.4 Å². The van der Waals surface area contributed by atoms with Crippen molar-refractivity contribution in [2.24, 2.45) is 0 Å². The Morgan fingerprint density at radius 2 is 1.61 bits per heavy atom. The molecular formula is C21H18N2O5. The number of para-hydroxylation sites is 2. The molecule has 3 aromatic rings. The molecule has 0 saturated heterocycles. The van der Waals surface area contributed by atoms with Crippen LogP contribution in [-0.2, 0) is 6.54 Å². The van der Waals surface area contributed by atoms with Gasteiger partial charge in [0.05, 0.1) is 17.6 Å². The molecular weight excluding hydrogens is 360 g/mol. The molecule has 7 heteroatoms. The second-order valence-corrected chi connectivity index (χ2v) is 5.84. The average molecular weight is 378 g/mol. The van der Waals surface area contributed by atoms with Crippen LogP contribution in [-0.4, -0.2) is 17.9 Å². The van der Waals surface area contributed by atoms with Crippen LogP contribution in [0.15, 0.2) is 72.8 Å². The molecule has 1 N–H and O–H groups in total. The zero-order valence-corrected chi connectivity index (χ0v) is 15.1. The van der Waals surface area contributed by atoms with E-state index in [2.05, 4.69) is 5.32 Å². The third-order valence-corrected chi connectivity index (χ3v) is 4.04. The van der Waals surface area contributed by atoms with Crippen molar-refractivity contribution in [1.29, 1.82) is 0 Å².